The lowest BCUT2D eigenvalue weighted by Gasteiger charge is -2.14. The molecule has 22 heavy (non-hydrogen) atoms. The molecule has 1 aromatic carbocycles. The largest absolute Gasteiger partial charge is 0.534 e. The molecule has 0 saturated heterocycles. The molecule has 1 aromatic rings. The van der Waals surface area contributed by atoms with Crippen molar-refractivity contribution < 1.29 is 25.8 Å². The van der Waals surface area contributed by atoms with E-state index in [-0.39, 0.29) is 0 Å². The SMILES string of the molecule is C[C@H](N)c1cc(OS(=O)(=O)C(F)(F)F)ccc1/C=C/C1CC1. The zero-order valence-corrected chi connectivity index (χ0v) is 12.6. The predicted octanol–water partition coefficient (Wildman–Crippen LogP) is 3.36. The lowest BCUT2D eigenvalue weighted by Crippen LogP contribution is -2.28. The van der Waals surface area contributed by atoms with Crippen LogP contribution in [0.15, 0.2) is 24.3 Å². The molecule has 0 aliphatic heterocycles. The fraction of sp³-hybridized carbons (Fsp3) is 0.429. The molecular formula is C14H16F3NO3S. The second kappa shape index (κ2) is 5.92. The number of rotatable bonds is 5. The van der Waals surface area contributed by atoms with E-state index >= 15 is 0 Å². The van der Waals surface area contributed by atoms with E-state index in [1.807, 2.05) is 12.2 Å². The summed E-state index contributed by atoms with van der Waals surface area (Å²) in [5, 5.41) is 0. The molecule has 2 N–H and O–H groups in total. The van der Waals surface area contributed by atoms with Gasteiger partial charge in [-0.1, -0.05) is 18.2 Å². The van der Waals surface area contributed by atoms with Gasteiger partial charge in [0.05, 0.1) is 0 Å². The van der Waals surface area contributed by atoms with Crippen LogP contribution in [0.4, 0.5) is 13.2 Å². The number of hydrogen-bond donors (Lipinski definition) is 1. The molecule has 4 nitrogen and oxygen atoms in total. The fourth-order valence-corrected chi connectivity index (χ4v) is 2.30. The summed E-state index contributed by atoms with van der Waals surface area (Å²) in [6.45, 7) is 1.66. The van der Waals surface area contributed by atoms with E-state index in [1.165, 1.54) is 18.2 Å². The molecule has 0 aromatic heterocycles. The fourth-order valence-electron chi connectivity index (χ4n) is 1.85. The first-order valence-electron chi connectivity index (χ1n) is 6.68. The van der Waals surface area contributed by atoms with Crippen molar-refractivity contribution in [1.29, 1.82) is 0 Å². The summed E-state index contributed by atoms with van der Waals surface area (Å²) in [6.07, 6.45) is 6.09. The molecule has 1 aliphatic carbocycles. The molecule has 0 heterocycles. The van der Waals surface area contributed by atoms with E-state index in [4.69, 9.17) is 5.73 Å². The van der Waals surface area contributed by atoms with E-state index in [2.05, 4.69) is 4.18 Å². The Bertz CT molecular complexity index is 677. The third kappa shape index (κ3) is 4.01. The number of allylic oxidation sites excluding steroid dienone is 1. The third-order valence-corrected chi connectivity index (χ3v) is 4.19. The van der Waals surface area contributed by atoms with Crippen molar-refractivity contribution in [2.75, 3.05) is 0 Å². The van der Waals surface area contributed by atoms with Crippen molar-refractivity contribution in [1.82, 2.24) is 0 Å². The molecule has 0 radical (unpaired) electrons. The van der Waals surface area contributed by atoms with Gasteiger partial charge in [0.15, 0.2) is 0 Å². The number of alkyl halides is 3. The highest BCUT2D eigenvalue weighted by Gasteiger charge is 2.48. The van der Waals surface area contributed by atoms with Crippen LogP contribution in [0.2, 0.25) is 0 Å². The van der Waals surface area contributed by atoms with Crippen LogP contribution in [0.25, 0.3) is 6.08 Å². The van der Waals surface area contributed by atoms with Gasteiger partial charge in [-0.2, -0.15) is 21.6 Å². The Hall–Kier alpha value is -1.54. The zero-order valence-electron chi connectivity index (χ0n) is 11.8. The normalized spacial score (nSPS) is 17.7. The van der Waals surface area contributed by atoms with Gasteiger partial charge >= 0.3 is 15.6 Å². The Morgan fingerprint density at radius 3 is 2.50 bits per heavy atom. The molecule has 2 rings (SSSR count). The maximum Gasteiger partial charge on any atom is 0.534 e. The van der Waals surface area contributed by atoms with Gasteiger partial charge in [0.1, 0.15) is 5.75 Å². The van der Waals surface area contributed by atoms with Crippen LogP contribution < -0.4 is 9.92 Å². The summed E-state index contributed by atoms with van der Waals surface area (Å²) in [5.74, 6) is 0.121. The number of benzene rings is 1. The molecule has 8 heteroatoms. The van der Waals surface area contributed by atoms with E-state index < -0.39 is 27.4 Å². The van der Waals surface area contributed by atoms with Gasteiger partial charge in [0.2, 0.25) is 0 Å². The minimum Gasteiger partial charge on any atom is -0.376 e. The van der Waals surface area contributed by atoms with Crippen LogP contribution in [-0.4, -0.2) is 13.9 Å². The van der Waals surface area contributed by atoms with Crippen LogP contribution in [0.5, 0.6) is 5.75 Å². The van der Waals surface area contributed by atoms with Crippen LogP contribution in [-0.2, 0) is 10.1 Å². The zero-order chi connectivity index (χ0) is 16.5. The first-order valence-corrected chi connectivity index (χ1v) is 8.09. The molecular weight excluding hydrogens is 319 g/mol. The van der Waals surface area contributed by atoms with E-state index in [1.54, 1.807) is 6.92 Å². The summed E-state index contributed by atoms with van der Waals surface area (Å²) >= 11 is 0. The molecule has 1 aliphatic rings. The number of nitrogens with two attached hydrogens (primary N) is 1. The predicted molar refractivity (Wildman–Crippen MR) is 76.4 cm³/mol. The summed E-state index contributed by atoms with van der Waals surface area (Å²) in [6, 6.07) is 3.43. The smallest absolute Gasteiger partial charge is 0.376 e. The molecule has 1 saturated carbocycles. The monoisotopic (exact) mass is 335 g/mol. The number of hydrogen-bond acceptors (Lipinski definition) is 4. The highest BCUT2D eigenvalue weighted by atomic mass is 32.2. The first kappa shape index (κ1) is 16.8. The van der Waals surface area contributed by atoms with E-state index in [0.29, 0.717) is 11.5 Å². The molecule has 0 amide bonds. The molecule has 0 spiro atoms. The summed E-state index contributed by atoms with van der Waals surface area (Å²) in [4.78, 5) is 0. The van der Waals surface area contributed by atoms with Crippen molar-refractivity contribution in [3.05, 3.63) is 35.4 Å². The maximum atomic E-state index is 12.3. The summed E-state index contributed by atoms with van der Waals surface area (Å²) in [7, 11) is -5.68. The minimum atomic E-state index is -5.68. The Labute approximate surface area is 126 Å². The van der Waals surface area contributed by atoms with Crippen LogP contribution >= 0.6 is 0 Å². The van der Waals surface area contributed by atoms with Crippen molar-refractivity contribution in [3.63, 3.8) is 0 Å². The van der Waals surface area contributed by atoms with Gasteiger partial charge < -0.3 is 9.92 Å². The van der Waals surface area contributed by atoms with Crippen LogP contribution in [0.1, 0.15) is 36.9 Å². The van der Waals surface area contributed by atoms with E-state index in [0.717, 1.165) is 18.4 Å². The summed E-state index contributed by atoms with van der Waals surface area (Å²) < 4.78 is 63.1. The van der Waals surface area contributed by atoms with Crippen molar-refractivity contribution in [3.8, 4) is 5.75 Å². The molecule has 0 unspecified atom stereocenters. The Morgan fingerprint density at radius 1 is 1.36 bits per heavy atom. The van der Waals surface area contributed by atoms with Gasteiger partial charge in [-0.15, -0.1) is 0 Å². The average Bonchev–Trinajstić information content (AvgIpc) is 3.19. The second-order valence-corrected chi connectivity index (χ2v) is 6.80. The van der Waals surface area contributed by atoms with Crippen LogP contribution in [0, 0.1) is 5.92 Å². The van der Waals surface area contributed by atoms with Crippen LogP contribution in [0.3, 0.4) is 0 Å². The lowest BCUT2D eigenvalue weighted by molar-refractivity contribution is -0.0500. The van der Waals surface area contributed by atoms with E-state index in [9.17, 15) is 21.6 Å². The molecule has 122 valence electrons. The second-order valence-electron chi connectivity index (χ2n) is 5.26. The van der Waals surface area contributed by atoms with Crippen molar-refractivity contribution in [2.45, 2.75) is 31.3 Å². The topological polar surface area (TPSA) is 69.4 Å². The van der Waals surface area contributed by atoms with Crippen molar-refractivity contribution >= 4 is 16.2 Å². The number of halogens is 3. The van der Waals surface area contributed by atoms with Gasteiger partial charge in [-0.05, 0) is 48.9 Å². The highest BCUT2D eigenvalue weighted by molar-refractivity contribution is 7.88. The van der Waals surface area contributed by atoms with Gasteiger partial charge in [-0.25, -0.2) is 0 Å². The standard InChI is InChI=1S/C14H16F3NO3S/c1-9(18)13-8-12(21-22(19,20)14(15,16)17)7-6-11(13)5-4-10-2-3-10/h4-10H,2-3,18H2,1H3/b5-4+/t9-/m0/s1. The average molecular weight is 335 g/mol. The van der Waals surface area contributed by atoms with Gasteiger partial charge in [0, 0.05) is 6.04 Å². The quantitative estimate of drug-likeness (QED) is 0.662. The lowest BCUT2D eigenvalue weighted by atomic mass is 10.0. The third-order valence-electron chi connectivity index (χ3n) is 3.21. The Kier molecular flexibility index (Phi) is 4.53. The Morgan fingerprint density at radius 2 is 2.00 bits per heavy atom. The van der Waals surface area contributed by atoms with Gasteiger partial charge in [-0.3, -0.25) is 0 Å². The molecule has 1 fully saturated rings. The minimum absolute atomic E-state index is 0.409. The highest BCUT2D eigenvalue weighted by Crippen LogP contribution is 2.33. The summed E-state index contributed by atoms with van der Waals surface area (Å²) in [5.41, 5.74) is 1.58. The maximum absolute atomic E-state index is 12.3. The first-order chi connectivity index (χ1) is 10.1. The van der Waals surface area contributed by atoms with Gasteiger partial charge in [0.25, 0.3) is 0 Å². The van der Waals surface area contributed by atoms with Crippen molar-refractivity contribution in [2.24, 2.45) is 11.7 Å². The molecule has 0 bridgehead atoms. The molecule has 1 atom stereocenters. The Balaban J connectivity index is 2.29.